The van der Waals surface area contributed by atoms with E-state index in [0.717, 1.165) is 22.6 Å². The van der Waals surface area contributed by atoms with Crippen LogP contribution in [0.3, 0.4) is 0 Å². The number of nitrogens with one attached hydrogen (secondary N) is 1. The quantitative estimate of drug-likeness (QED) is 0.887. The van der Waals surface area contributed by atoms with Gasteiger partial charge < -0.3 is 15.8 Å². The second-order valence-electron chi connectivity index (χ2n) is 5.06. The summed E-state index contributed by atoms with van der Waals surface area (Å²) in [7, 11) is 1.67. The van der Waals surface area contributed by atoms with Gasteiger partial charge in [-0.2, -0.15) is 0 Å². The number of rotatable bonds is 5. The molecule has 0 saturated carbocycles. The fourth-order valence-corrected chi connectivity index (χ4v) is 2.25. The molecule has 0 saturated heterocycles. The summed E-state index contributed by atoms with van der Waals surface area (Å²) in [6.07, 6.45) is 0. The minimum atomic E-state index is -0.412. The summed E-state index contributed by atoms with van der Waals surface area (Å²) >= 11 is 0. The van der Waals surface area contributed by atoms with E-state index in [2.05, 4.69) is 18.3 Å². The van der Waals surface area contributed by atoms with Crippen LogP contribution < -0.4 is 15.8 Å². The number of carbonyl (C=O) groups excluding carboxylic acids is 1. The molecule has 4 heteroatoms. The maximum absolute atomic E-state index is 11.2. The smallest absolute Gasteiger partial charge is 0.248 e. The Hall–Kier alpha value is -2.49. The first-order chi connectivity index (χ1) is 10.0. The molecule has 0 spiro atoms. The molecule has 110 valence electrons. The molecule has 2 aromatic rings. The van der Waals surface area contributed by atoms with Gasteiger partial charge in [-0.3, -0.25) is 4.79 Å². The first-order valence-corrected chi connectivity index (χ1v) is 6.79. The number of nitrogens with two attached hydrogens (primary N) is 1. The molecule has 21 heavy (non-hydrogen) atoms. The van der Waals surface area contributed by atoms with Crippen molar-refractivity contribution in [3.05, 3.63) is 58.7 Å². The highest BCUT2D eigenvalue weighted by atomic mass is 16.5. The van der Waals surface area contributed by atoms with Gasteiger partial charge in [0.15, 0.2) is 0 Å². The van der Waals surface area contributed by atoms with E-state index in [4.69, 9.17) is 10.5 Å². The van der Waals surface area contributed by atoms with E-state index < -0.39 is 5.91 Å². The van der Waals surface area contributed by atoms with Crippen molar-refractivity contribution in [3.8, 4) is 5.75 Å². The van der Waals surface area contributed by atoms with Gasteiger partial charge in [0, 0.05) is 23.4 Å². The Balaban J connectivity index is 2.17. The molecule has 2 aromatic carbocycles. The van der Waals surface area contributed by atoms with Gasteiger partial charge in [-0.05, 0) is 43.7 Å². The van der Waals surface area contributed by atoms with Crippen molar-refractivity contribution >= 4 is 11.6 Å². The highest BCUT2D eigenvalue weighted by Crippen LogP contribution is 2.22. The Kier molecular flexibility index (Phi) is 4.48. The van der Waals surface area contributed by atoms with Crippen LogP contribution >= 0.6 is 0 Å². The molecule has 0 unspecified atom stereocenters. The van der Waals surface area contributed by atoms with Crippen molar-refractivity contribution < 1.29 is 9.53 Å². The lowest BCUT2D eigenvalue weighted by atomic mass is 10.1. The highest BCUT2D eigenvalue weighted by Gasteiger charge is 2.06. The molecule has 4 nitrogen and oxygen atoms in total. The molecular formula is C17H20N2O2. The van der Waals surface area contributed by atoms with Crippen molar-refractivity contribution in [1.82, 2.24) is 0 Å². The van der Waals surface area contributed by atoms with E-state index >= 15 is 0 Å². The molecule has 1 amide bonds. The number of benzene rings is 2. The topological polar surface area (TPSA) is 64.3 Å². The first-order valence-electron chi connectivity index (χ1n) is 6.79. The van der Waals surface area contributed by atoms with Gasteiger partial charge in [0.1, 0.15) is 5.75 Å². The zero-order chi connectivity index (χ0) is 15.4. The predicted molar refractivity (Wildman–Crippen MR) is 84.8 cm³/mol. The number of carbonyl (C=O) groups is 1. The fourth-order valence-electron chi connectivity index (χ4n) is 2.25. The van der Waals surface area contributed by atoms with Crippen LogP contribution in [0.25, 0.3) is 0 Å². The molecule has 0 atom stereocenters. The molecule has 3 N–H and O–H groups in total. The summed E-state index contributed by atoms with van der Waals surface area (Å²) in [4.78, 5) is 11.2. The number of amides is 1. The number of hydrogen-bond donors (Lipinski definition) is 2. The van der Waals surface area contributed by atoms with E-state index in [0.29, 0.717) is 12.1 Å². The summed E-state index contributed by atoms with van der Waals surface area (Å²) < 4.78 is 5.37. The Morgan fingerprint density at radius 3 is 2.57 bits per heavy atom. The fraction of sp³-hybridized carbons (Fsp3) is 0.235. The van der Waals surface area contributed by atoms with Gasteiger partial charge >= 0.3 is 0 Å². The first kappa shape index (κ1) is 14.9. The summed E-state index contributed by atoms with van der Waals surface area (Å²) in [5.41, 5.74) is 10.0. The van der Waals surface area contributed by atoms with Crippen molar-refractivity contribution in [3.63, 3.8) is 0 Å². The Labute approximate surface area is 124 Å². The third-order valence-corrected chi connectivity index (χ3v) is 3.42. The predicted octanol–water partition coefficient (Wildman–Crippen LogP) is 3.02. The van der Waals surface area contributed by atoms with Crippen LogP contribution in [0.1, 0.15) is 27.0 Å². The van der Waals surface area contributed by atoms with Gasteiger partial charge in [-0.1, -0.05) is 17.7 Å². The summed E-state index contributed by atoms with van der Waals surface area (Å²) in [6.45, 7) is 4.65. The largest absolute Gasteiger partial charge is 0.496 e. The molecular weight excluding hydrogens is 264 g/mol. The summed E-state index contributed by atoms with van der Waals surface area (Å²) in [5.74, 6) is 0.449. The van der Waals surface area contributed by atoms with Crippen molar-refractivity contribution in [1.29, 1.82) is 0 Å². The van der Waals surface area contributed by atoms with Crippen molar-refractivity contribution in [2.24, 2.45) is 5.73 Å². The average Bonchev–Trinajstić information content (AvgIpc) is 2.46. The van der Waals surface area contributed by atoms with E-state index in [-0.39, 0.29) is 0 Å². The van der Waals surface area contributed by atoms with E-state index in [1.807, 2.05) is 25.1 Å². The maximum atomic E-state index is 11.2. The second kappa shape index (κ2) is 6.31. The number of ether oxygens (including phenoxy) is 1. The third-order valence-electron chi connectivity index (χ3n) is 3.42. The maximum Gasteiger partial charge on any atom is 0.248 e. The van der Waals surface area contributed by atoms with Crippen LogP contribution in [0.2, 0.25) is 0 Å². The lowest BCUT2D eigenvalue weighted by Gasteiger charge is -2.13. The van der Waals surface area contributed by atoms with Crippen LogP contribution in [0.5, 0.6) is 5.75 Å². The minimum absolute atomic E-state index is 0.412. The minimum Gasteiger partial charge on any atom is -0.496 e. The monoisotopic (exact) mass is 284 g/mol. The average molecular weight is 284 g/mol. The Morgan fingerprint density at radius 2 is 1.95 bits per heavy atom. The van der Waals surface area contributed by atoms with E-state index in [1.54, 1.807) is 19.2 Å². The van der Waals surface area contributed by atoms with E-state index in [9.17, 15) is 4.79 Å². The van der Waals surface area contributed by atoms with Gasteiger partial charge in [-0.25, -0.2) is 0 Å². The standard InChI is InChI=1S/C17H20N2O2/c1-11-4-7-16(21-3)14(8-11)10-19-15-6-5-13(17(18)20)9-12(15)2/h4-9,19H,10H2,1-3H3,(H2,18,20). The van der Waals surface area contributed by atoms with Crippen LogP contribution in [0, 0.1) is 13.8 Å². The van der Waals surface area contributed by atoms with Crippen LogP contribution in [-0.2, 0) is 6.54 Å². The normalized spacial score (nSPS) is 10.2. The molecule has 0 bridgehead atoms. The van der Waals surface area contributed by atoms with Crippen LogP contribution in [-0.4, -0.2) is 13.0 Å². The zero-order valence-electron chi connectivity index (χ0n) is 12.6. The second-order valence-corrected chi connectivity index (χ2v) is 5.06. The van der Waals surface area contributed by atoms with Crippen molar-refractivity contribution in [2.45, 2.75) is 20.4 Å². The van der Waals surface area contributed by atoms with Crippen LogP contribution in [0.15, 0.2) is 36.4 Å². The van der Waals surface area contributed by atoms with E-state index in [1.165, 1.54) is 5.56 Å². The summed E-state index contributed by atoms with van der Waals surface area (Å²) in [5, 5.41) is 3.37. The molecule has 0 radical (unpaired) electrons. The molecule has 2 rings (SSSR count). The Bertz CT molecular complexity index is 666. The molecule has 0 aliphatic rings. The number of hydrogen-bond acceptors (Lipinski definition) is 3. The Morgan fingerprint density at radius 1 is 1.19 bits per heavy atom. The molecule has 0 aliphatic heterocycles. The van der Waals surface area contributed by atoms with Gasteiger partial charge in [0.05, 0.1) is 7.11 Å². The van der Waals surface area contributed by atoms with Crippen molar-refractivity contribution in [2.75, 3.05) is 12.4 Å². The third kappa shape index (κ3) is 3.54. The number of primary amides is 1. The number of methoxy groups -OCH3 is 1. The molecule has 0 fully saturated rings. The molecule has 0 aromatic heterocycles. The van der Waals surface area contributed by atoms with Gasteiger partial charge in [0.25, 0.3) is 0 Å². The lowest BCUT2D eigenvalue weighted by molar-refractivity contribution is 0.1000. The van der Waals surface area contributed by atoms with Gasteiger partial charge in [0.2, 0.25) is 5.91 Å². The lowest BCUT2D eigenvalue weighted by Crippen LogP contribution is -2.11. The number of anilines is 1. The SMILES string of the molecule is COc1ccc(C)cc1CNc1ccc(C(N)=O)cc1C. The van der Waals surface area contributed by atoms with Gasteiger partial charge in [-0.15, -0.1) is 0 Å². The highest BCUT2D eigenvalue weighted by molar-refractivity contribution is 5.93. The number of aryl methyl sites for hydroxylation is 2. The molecule has 0 aliphatic carbocycles. The molecule has 0 heterocycles. The van der Waals surface area contributed by atoms with Crippen LogP contribution in [0.4, 0.5) is 5.69 Å². The summed E-state index contributed by atoms with van der Waals surface area (Å²) in [6, 6.07) is 11.5. The zero-order valence-corrected chi connectivity index (χ0v) is 12.6.